The fourth-order valence-corrected chi connectivity index (χ4v) is 2.49. The number of alkyl carbamates (subject to hydrolysis) is 1. The van der Waals surface area contributed by atoms with Crippen LogP contribution >= 0.6 is 0 Å². The Kier molecular flexibility index (Phi) is 5.75. The molecule has 0 radical (unpaired) electrons. The summed E-state index contributed by atoms with van der Waals surface area (Å²) >= 11 is 0. The lowest BCUT2D eigenvalue weighted by atomic mass is 9.80. The summed E-state index contributed by atoms with van der Waals surface area (Å²) in [5.41, 5.74) is -2.26. The van der Waals surface area contributed by atoms with Crippen LogP contribution in [-0.2, 0) is 9.47 Å². The van der Waals surface area contributed by atoms with Gasteiger partial charge in [-0.1, -0.05) is 6.92 Å². The molecule has 7 heteroatoms. The highest BCUT2D eigenvalue weighted by atomic mass is 16.6. The fourth-order valence-electron chi connectivity index (χ4n) is 2.49. The van der Waals surface area contributed by atoms with Crippen LogP contribution in [0, 0.1) is 17.2 Å². The zero-order chi connectivity index (χ0) is 18.8. The smallest absolute Gasteiger partial charge is 0.410 e. The first-order chi connectivity index (χ1) is 10.8. The maximum atomic E-state index is 12.2. The van der Waals surface area contributed by atoms with Gasteiger partial charge < -0.3 is 19.7 Å². The minimum Gasteiger partial charge on any atom is -0.444 e. The average Bonchev–Trinajstić information content (AvgIpc) is 2.36. The lowest BCUT2D eigenvalue weighted by Gasteiger charge is -2.42. The standard InChI is InChI=1S/C17H29N3O4/c1-12-10-20(14(22)24-16(5,6)7)9-8-17(12,11-18)19-13(21)23-15(2,3)4/h12H,8-10H2,1-7H3,(H,19,21). The second-order valence-electron chi connectivity index (χ2n) is 8.29. The lowest BCUT2D eigenvalue weighted by molar-refractivity contribution is 0.00725. The Morgan fingerprint density at radius 1 is 1.17 bits per heavy atom. The predicted molar refractivity (Wildman–Crippen MR) is 89.3 cm³/mol. The molecule has 2 atom stereocenters. The number of carbonyl (C=O) groups excluding carboxylic acids is 2. The molecule has 1 fully saturated rings. The molecule has 0 spiro atoms. The van der Waals surface area contributed by atoms with Crippen molar-refractivity contribution in [3.63, 3.8) is 0 Å². The molecular formula is C17H29N3O4. The van der Waals surface area contributed by atoms with Crippen LogP contribution in [0.1, 0.15) is 54.9 Å². The Morgan fingerprint density at radius 2 is 1.71 bits per heavy atom. The Morgan fingerprint density at radius 3 is 2.12 bits per heavy atom. The third-order valence-electron chi connectivity index (χ3n) is 3.69. The number of hydrogen-bond donors (Lipinski definition) is 1. The quantitative estimate of drug-likeness (QED) is 0.792. The van der Waals surface area contributed by atoms with Crippen molar-refractivity contribution in [2.24, 2.45) is 5.92 Å². The van der Waals surface area contributed by atoms with E-state index in [1.165, 1.54) is 0 Å². The van der Waals surface area contributed by atoms with Crippen molar-refractivity contribution in [1.29, 1.82) is 5.26 Å². The minimum atomic E-state index is -1.05. The number of amides is 2. The van der Waals surface area contributed by atoms with Gasteiger partial charge in [-0.3, -0.25) is 0 Å². The van der Waals surface area contributed by atoms with Crippen LogP contribution in [0.4, 0.5) is 9.59 Å². The van der Waals surface area contributed by atoms with Crippen molar-refractivity contribution < 1.29 is 19.1 Å². The zero-order valence-corrected chi connectivity index (χ0v) is 15.7. The summed E-state index contributed by atoms with van der Waals surface area (Å²) in [4.78, 5) is 25.8. The van der Waals surface area contributed by atoms with Gasteiger partial charge in [0.1, 0.15) is 16.7 Å². The van der Waals surface area contributed by atoms with Gasteiger partial charge >= 0.3 is 12.2 Å². The molecule has 136 valence electrons. The molecule has 0 aromatic heterocycles. The van der Waals surface area contributed by atoms with E-state index < -0.39 is 28.9 Å². The molecular weight excluding hydrogens is 310 g/mol. The van der Waals surface area contributed by atoms with Crippen molar-refractivity contribution in [3.8, 4) is 6.07 Å². The van der Waals surface area contributed by atoms with Crippen LogP contribution < -0.4 is 5.32 Å². The number of piperidine rings is 1. The molecule has 2 unspecified atom stereocenters. The number of nitrogens with one attached hydrogen (secondary N) is 1. The van der Waals surface area contributed by atoms with Gasteiger partial charge in [0.2, 0.25) is 0 Å². The molecule has 0 saturated carbocycles. The third-order valence-corrected chi connectivity index (χ3v) is 3.69. The molecule has 0 bridgehead atoms. The Hall–Kier alpha value is -1.97. The number of ether oxygens (including phenoxy) is 2. The van der Waals surface area contributed by atoms with E-state index in [1.54, 1.807) is 25.7 Å². The summed E-state index contributed by atoms with van der Waals surface area (Å²) in [7, 11) is 0. The first-order valence-corrected chi connectivity index (χ1v) is 8.18. The molecule has 0 aliphatic carbocycles. The molecule has 1 saturated heterocycles. The van der Waals surface area contributed by atoms with Gasteiger partial charge in [0, 0.05) is 25.4 Å². The van der Waals surface area contributed by atoms with Gasteiger partial charge in [-0.2, -0.15) is 5.26 Å². The first kappa shape index (κ1) is 20.1. The van der Waals surface area contributed by atoms with Gasteiger partial charge in [0.05, 0.1) is 6.07 Å². The minimum absolute atomic E-state index is 0.253. The van der Waals surface area contributed by atoms with Crippen LogP contribution in [0.25, 0.3) is 0 Å². The van der Waals surface area contributed by atoms with Crippen LogP contribution in [0.3, 0.4) is 0 Å². The molecule has 1 rings (SSSR count). The summed E-state index contributed by atoms with van der Waals surface area (Å²) in [6, 6.07) is 2.20. The predicted octanol–water partition coefficient (Wildman–Crippen LogP) is 3.05. The van der Waals surface area contributed by atoms with Gasteiger partial charge in [-0.25, -0.2) is 9.59 Å². The van der Waals surface area contributed by atoms with Crippen molar-refractivity contribution in [1.82, 2.24) is 10.2 Å². The maximum absolute atomic E-state index is 12.2. The normalized spacial score (nSPS) is 24.8. The molecule has 7 nitrogen and oxygen atoms in total. The number of carbonyl (C=O) groups is 2. The van der Waals surface area contributed by atoms with E-state index in [2.05, 4.69) is 11.4 Å². The summed E-state index contributed by atoms with van der Waals surface area (Å²) in [5, 5.41) is 12.3. The summed E-state index contributed by atoms with van der Waals surface area (Å²) < 4.78 is 10.6. The summed E-state index contributed by atoms with van der Waals surface area (Å²) in [5.74, 6) is -0.253. The third kappa shape index (κ3) is 5.59. The van der Waals surface area contributed by atoms with Crippen molar-refractivity contribution >= 4 is 12.2 Å². The van der Waals surface area contributed by atoms with E-state index in [9.17, 15) is 14.9 Å². The van der Waals surface area contributed by atoms with Crippen molar-refractivity contribution in [3.05, 3.63) is 0 Å². The number of hydrogen-bond acceptors (Lipinski definition) is 5. The van der Waals surface area contributed by atoms with Gasteiger partial charge in [0.15, 0.2) is 0 Å². The monoisotopic (exact) mass is 339 g/mol. The van der Waals surface area contributed by atoms with Crippen LogP contribution in [-0.4, -0.2) is 46.9 Å². The Bertz CT molecular complexity index is 527. The summed E-state index contributed by atoms with van der Waals surface area (Å²) in [6.45, 7) is 13.2. The van der Waals surface area contributed by atoms with Crippen LogP contribution in [0.5, 0.6) is 0 Å². The molecule has 1 aliphatic rings. The van der Waals surface area contributed by atoms with E-state index in [0.717, 1.165) is 0 Å². The van der Waals surface area contributed by atoms with Crippen LogP contribution in [0.15, 0.2) is 0 Å². The van der Waals surface area contributed by atoms with Gasteiger partial charge in [-0.15, -0.1) is 0 Å². The molecule has 2 amide bonds. The van der Waals surface area contributed by atoms with Crippen molar-refractivity contribution in [2.75, 3.05) is 13.1 Å². The van der Waals surface area contributed by atoms with E-state index in [0.29, 0.717) is 19.5 Å². The number of nitrogens with zero attached hydrogens (tertiary/aromatic N) is 2. The Balaban J connectivity index is 2.76. The highest BCUT2D eigenvalue weighted by molar-refractivity contribution is 5.70. The van der Waals surface area contributed by atoms with E-state index in [1.807, 2.05) is 27.7 Å². The van der Waals surface area contributed by atoms with Gasteiger partial charge in [0.25, 0.3) is 0 Å². The number of nitriles is 1. The molecule has 24 heavy (non-hydrogen) atoms. The van der Waals surface area contributed by atoms with Crippen LogP contribution in [0.2, 0.25) is 0 Å². The second-order valence-corrected chi connectivity index (χ2v) is 8.29. The van der Waals surface area contributed by atoms with Crippen molar-refractivity contribution in [2.45, 2.75) is 71.6 Å². The number of rotatable bonds is 1. The second kappa shape index (κ2) is 6.88. The fraction of sp³-hybridized carbons (Fsp3) is 0.824. The largest absolute Gasteiger partial charge is 0.444 e. The Labute approximate surface area is 144 Å². The molecule has 1 heterocycles. The molecule has 0 aromatic carbocycles. The average molecular weight is 339 g/mol. The molecule has 1 aliphatic heterocycles. The maximum Gasteiger partial charge on any atom is 0.410 e. The molecule has 0 aromatic rings. The van der Waals surface area contributed by atoms with E-state index >= 15 is 0 Å². The van der Waals surface area contributed by atoms with E-state index in [4.69, 9.17) is 9.47 Å². The SMILES string of the molecule is CC1CN(C(=O)OC(C)(C)C)CCC1(C#N)NC(=O)OC(C)(C)C. The molecule has 1 N–H and O–H groups in total. The van der Waals surface area contributed by atoms with E-state index in [-0.39, 0.29) is 5.92 Å². The highest BCUT2D eigenvalue weighted by Gasteiger charge is 2.45. The lowest BCUT2D eigenvalue weighted by Crippen LogP contribution is -2.61. The summed E-state index contributed by atoms with van der Waals surface area (Å²) in [6.07, 6.45) is -0.705. The highest BCUT2D eigenvalue weighted by Crippen LogP contribution is 2.29. The number of likely N-dealkylation sites (tertiary alicyclic amines) is 1. The topological polar surface area (TPSA) is 91.7 Å². The zero-order valence-electron chi connectivity index (χ0n) is 15.7. The first-order valence-electron chi connectivity index (χ1n) is 8.18. The van der Waals surface area contributed by atoms with Gasteiger partial charge in [-0.05, 0) is 41.5 Å².